The molecule has 63 heavy (non-hydrogen) atoms. The second-order valence-electron chi connectivity index (χ2n) is 18.2. The maximum absolute atomic E-state index is 14.4. The number of benzene rings is 1. The highest BCUT2D eigenvalue weighted by atomic mass is 16.5. The monoisotopic (exact) mass is 887 g/mol. The van der Waals surface area contributed by atoms with E-state index in [9.17, 15) is 38.7 Å². The lowest BCUT2D eigenvalue weighted by Crippen LogP contribution is -2.63. The van der Waals surface area contributed by atoms with Crippen LogP contribution in [0.1, 0.15) is 124 Å². The minimum atomic E-state index is -1.54. The molecule has 3 rings (SSSR count). The van der Waals surface area contributed by atoms with Gasteiger partial charge in [-0.25, -0.2) is 4.79 Å². The number of methoxy groups -OCH3 is 1. The van der Waals surface area contributed by atoms with E-state index in [2.05, 4.69) is 26.6 Å². The summed E-state index contributed by atoms with van der Waals surface area (Å²) in [6.45, 7) is 9.99. The van der Waals surface area contributed by atoms with Crippen molar-refractivity contribution in [2.45, 2.75) is 167 Å². The van der Waals surface area contributed by atoms with Crippen molar-refractivity contribution in [1.29, 1.82) is 0 Å². The Morgan fingerprint density at radius 3 is 2.21 bits per heavy atom. The first-order valence-corrected chi connectivity index (χ1v) is 22.7. The Morgan fingerprint density at radius 2 is 1.57 bits per heavy atom. The molecule has 17 nitrogen and oxygen atoms in total. The minimum absolute atomic E-state index is 0.0441. The molecule has 0 radical (unpaired) electrons. The summed E-state index contributed by atoms with van der Waals surface area (Å²) in [5.41, 5.74) is 0.537. The second-order valence-corrected chi connectivity index (χ2v) is 18.2. The number of nitrogens with zero attached hydrogens (tertiary/aromatic N) is 1. The van der Waals surface area contributed by atoms with Gasteiger partial charge in [0.2, 0.25) is 29.5 Å². The Bertz CT molecular complexity index is 1650. The third-order valence-corrected chi connectivity index (χ3v) is 12.2. The topological polar surface area (TPSA) is 231 Å². The van der Waals surface area contributed by atoms with Gasteiger partial charge in [0, 0.05) is 14.2 Å². The highest BCUT2D eigenvalue weighted by molar-refractivity contribution is 5.96. The fourth-order valence-electron chi connectivity index (χ4n) is 8.09. The zero-order valence-electron chi connectivity index (χ0n) is 38.7. The molecular weight excluding hydrogens is 813 g/mol. The predicted octanol–water partition coefficient (Wildman–Crippen LogP) is 4.21. The zero-order chi connectivity index (χ0) is 46.7. The maximum atomic E-state index is 14.4. The summed E-state index contributed by atoms with van der Waals surface area (Å²) in [7, 11) is 3.21. The third-order valence-electron chi connectivity index (χ3n) is 12.2. The molecule has 6 amide bonds. The van der Waals surface area contributed by atoms with Crippen LogP contribution in [0.5, 0.6) is 0 Å². The van der Waals surface area contributed by atoms with E-state index in [0.717, 1.165) is 50.5 Å². The van der Waals surface area contributed by atoms with Gasteiger partial charge in [-0.15, -0.1) is 0 Å². The van der Waals surface area contributed by atoms with Crippen molar-refractivity contribution in [3.63, 3.8) is 0 Å². The van der Waals surface area contributed by atoms with Crippen molar-refractivity contribution < 1.29 is 52.9 Å². The van der Waals surface area contributed by atoms with E-state index in [4.69, 9.17) is 14.2 Å². The number of hydrogen-bond donors (Lipinski definition) is 6. The van der Waals surface area contributed by atoms with E-state index in [1.165, 1.54) is 11.9 Å². The number of cyclic esters (lactones) is 1. The van der Waals surface area contributed by atoms with Crippen LogP contribution < -0.4 is 26.6 Å². The number of rotatable bonds is 17. The highest BCUT2D eigenvalue weighted by Crippen LogP contribution is 2.28. The average molecular weight is 887 g/mol. The summed E-state index contributed by atoms with van der Waals surface area (Å²) in [5, 5.41) is 22.4. The van der Waals surface area contributed by atoms with Gasteiger partial charge >= 0.3 is 12.1 Å². The van der Waals surface area contributed by atoms with Crippen LogP contribution in [-0.2, 0) is 49.6 Å². The molecule has 2 fully saturated rings. The Morgan fingerprint density at radius 1 is 0.905 bits per heavy atom. The third kappa shape index (κ3) is 17.7. The van der Waals surface area contributed by atoms with E-state index in [0.29, 0.717) is 25.7 Å². The highest BCUT2D eigenvalue weighted by Gasteiger charge is 2.40. The van der Waals surface area contributed by atoms with Crippen LogP contribution in [0.15, 0.2) is 30.3 Å². The van der Waals surface area contributed by atoms with Crippen LogP contribution in [0.4, 0.5) is 4.79 Å². The first-order chi connectivity index (χ1) is 29.8. The maximum Gasteiger partial charge on any atom is 0.404 e. The number of carbonyl (C=O) groups is 7. The smallest absolute Gasteiger partial charge is 0.404 e. The molecule has 0 aromatic heterocycles. The van der Waals surface area contributed by atoms with E-state index in [-0.39, 0.29) is 30.5 Å². The molecule has 1 aromatic carbocycles. The van der Waals surface area contributed by atoms with Crippen molar-refractivity contribution in [3.05, 3.63) is 35.9 Å². The van der Waals surface area contributed by atoms with Crippen LogP contribution in [0.3, 0.4) is 0 Å². The number of unbranched alkanes of at least 4 members (excludes halogenated alkanes) is 3. The summed E-state index contributed by atoms with van der Waals surface area (Å²) in [6, 6.07) is 4.02. The summed E-state index contributed by atoms with van der Waals surface area (Å²) < 4.78 is 17.5. The van der Waals surface area contributed by atoms with E-state index >= 15 is 0 Å². The zero-order valence-corrected chi connectivity index (χ0v) is 38.7. The molecule has 1 saturated carbocycles. The van der Waals surface area contributed by atoms with Gasteiger partial charge in [-0.1, -0.05) is 89.6 Å². The minimum Gasteiger partial charge on any atom is -0.465 e. The van der Waals surface area contributed by atoms with Crippen LogP contribution >= 0.6 is 0 Å². The van der Waals surface area contributed by atoms with Gasteiger partial charge in [-0.2, -0.15) is 0 Å². The fourth-order valence-corrected chi connectivity index (χ4v) is 8.09. The molecule has 1 heterocycles. The second kappa shape index (κ2) is 26.1. The van der Waals surface area contributed by atoms with Gasteiger partial charge in [0.15, 0.2) is 0 Å². The van der Waals surface area contributed by atoms with E-state index in [1.807, 2.05) is 58.0 Å². The molecule has 7 atom stereocenters. The summed E-state index contributed by atoms with van der Waals surface area (Å²) in [4.78, 5) is 97.8. The number of nitrogens with one attached hydrogen (secondary N) is 5. The number of carbonyl (C=O) groups excluding carboxylic acids is 6. The first-order valence-electron chi connectivity index (χ1n) is 22.7. The molecule has 1 saturated heterocycles. The van der Waals surface area contributed by atoms with E-state index in [1.54, 1.807) is 21.0 Å². The summed E-state index contributed by atoms with van der Waals surface area (Å²) in [6.07, 6.45) is 5.13. The van der Waals surface area contributed by atoms with Gasteiger partial charge in [0.25, 0.3) is 0 Å². The number of ether oxygens (including phenoxy) is 3. The molecule has 17 heteroatoms. The number of esters is 1. The summed E-state index contributed by atoms with van der Waals surface area (Å²) >= 11 is 0. The SMILES string of the molecule is COC(C)(C)CCCCCC[C@H]1OC(=O)CNC(=O)[C@H](C(C)OCc2ccccc2)NC(=O)[C@H](CNC(=O)O)NC(=O)[C@H](C2CCCCC2)NC(=O)[C@H](CC(C)C)N(C)C(=O)[C@@H]1C. The van der Waals surface area contributed by atoms with Gasteiger partial charge < -0.3 is 50.8 Å². The van der Waals surface area contributed by atoms with Crippen molar-refractivity contribution in [2.24, 2.45) is 17.8 Å². The van der Waals surface area contributed by atoms with Crippen molar-refractivity contribution >= 4 is 41.6 Å². The number of hydrogen-bond acceptors (Lipinski definition) is 10. The largest absolute Gasteiger partial charge is 0.465 e. The molecule has 1 aliphatic heterocycles. The van der Waals surface area contributed by atoms with Gasteiger partial charge in [0.05, 0.1) is 30.8 Å². The average Bonchev–Trinajstić information content (AvgIpc) is 3.26. The van der Waals surface area contributed by atoms with Crippen LogP contribution in [-0.4, -0.2) is 121 Å². The van der Waals surface area contributed by atoms with Gasteiger partial charge in [0.1, 0.15) is 36.8 Å². The Kier molecular flexibility index (Phi) is 21.8. The van der Waals surface area contributed by atoms with Crippen LogP contribution in [0.25, 0.3) is 0 Å². The molecule has 1 unspecified atom stereocenters. The van der Waals surface area contributed by atoms with Crippen LogP contribution in [0, 0.1) is 17.8 Å². The lowest BCUT2D eigenvalue weighted by molar-refractivity contribution is -0.158. The molecule has 2 aliphatic rings. The fraction of sp³-hybridized carbons (Fsp3) is 0.717. The van der Waals surface area contributed by atoms with Crippen LogP contribution in [0.2, 0.25) is 0 Å². The molecule has 0 spiro atoms. The first kappa shape index (κ1) is 52.6. The molecule has 1 aromatic rings. The molecular formula is C46H74N6O11. The molecule has 1 aliphatic carbocycles. The van der Waals surface area contributed by atoms with Gasteiger partial charge in [-0.05, 0) is 76.7 Å². The quantitative estimate of drug-likeness (QED) is 0.0959. The lowest BCUT2D eigenvalue weighted by Gasteiger charge is -2.36. The lowest BCUT2D eigenvalue weighted by atomic mass is 9.83. The Balaban J connectivity index is 2.04. The normalized spacial score (nSPS) is 24.8. The van der Waals surface area contributed by atoms with Crippen molar-refractivity contribution in [2.75, 3.05) is 27.2 Å². The predicted molar refractivity (Wildman–Crippen MR) is 236 cm³/mol. The standard InChI is InChI=1S/C46H74N6O11/c1-29(2)25-35-41(55)51-39(33-21-15-12-16-22-33)43(57)49-34(26-48-45(59)60)40(54)50-38(31(4)62-28-32-19-13-11-14-20-32)42(56)47-27-37(53)63-36(30(3)44(58)52(35)7)23-17-9-10-18-24-46(5,6)61-8/h11,13-14,19-20,29-31,33-36,38-39,48H,9-10,12,15-18,21-28H2,1-8H3,(H,47,56)(H,49,57)(H,50,54)(H,51,55)(H,59,60)/t30-,31?,34+,35+,36-,38+,39+/m1/s1. The molecule has 6 N–H and O–H groups in total. The molecule has 0 bridgehead atoms. The van der Waals surface area contributed by atoms with Gasteiger partial charge in [-0.3, -0.25) is 28.8 Å². The Hall–Kier alpha value is -4.77. The van der Waals surface area contributed by atoms with Crippen molar-refractivity contribution in [3.8, 4) is 0 Å². The van der Waals surface area contributed by atoms with Crippen molar-refractivity contribution in [1.82, 2.24) is 31.5 Å². The summed E-state index contributed by atoms with van der Waals surface area (Å²) in [5.74, 6) is -5.50. The number of carboxylic acid groups (broad SMARTS) is 1. The molecule has 354 valence electrons. The number of likely N-dealkylation sites (N-methyl/N-ethyl adjacent to an activating group) is 1. The Labute approximate surface area is 373 Å². The van der Waals surface area contributed by atoms with E-state index < -0.39 is 97.0 Å². The number of amides is 6.